The van der Waals surface area contributed by atoms with Gasteiger partial charge in [0.15, 0.2) is 0 Å². The quantitative estimate of drug-likeness (QED) is 0.770. The van der Waals surface area contributed by atoms with E-state index >= 15 is 0 Å². The summed E-state index contributed by atoms with van der Waals surface area (Å²) >= 11 is 0. The number of nitrogens with zero attached hydrogens (tertiary/aromatic N) is 3. The minimum Gasteiger partial charge on any atom is -0.310 e. The Morgan fingerprint density at radius 2 is 2.00 bits per heavy atom. The van der Waals surface area contributed by atoms with Gasteiger partial charge in [-0.2, -0.15) is 5.10 Å². The summed E-state index contributed by atoms with van der Waals surface area (Å²) in [6, 6.07) is 8.42. The SMILES string of the molecule is Cc1ccc(-c2[nH]ncc2CN2CCc3nc(C)[nH]c(=O)c3C2)cc1. The average molecular weight is 335 g/mol. The molecule has 6 heteroatoms. The first-order valence-corrected chi connectivity index (χ1v) is 8.50. The molecular weight excluding hydrogens is 314 g/mol. The van der Waals surface area contributed by atoms with Crippen molar-refractivity contribution in [3.05, 3.63) is 69.0 Å². The normalized spacial score (nSPS) is 14.5. The number of aryl methyl sites for hydroxylation is 2. The lowest BCUT2D eigenvalue weighted by Gasteiger charge is -2.27. The summed E-state index contributed by atoms with van der Waals surface area (Å²) in [7, 11) is 0. The Morgan fingerprint density at radius 1 is 1.20 bits per heavy atom. The van der Waals surface area contributed by atoms with Crippen molar-refractivity contribution in [3.63, 3.8) is 0 Å². The second-order valence-electron chi connectivity index (χ2n) is 6.67. The number of hydrogen-bond acceptors (Lipinski definition) is 4. The van der Waals surface area contributed by atoms with Crippen molar-refractivity contribution in [2.75, 3.05) is 6.54 Å². The lowest BCUT2D eigenvalue weighted by Crippen LogP contribution is -2.35. The molecule has 1 aromatic carbocycles. The van der Waals surface area contributed by atoms with Gasteiger partial charge in [-0.3, -0.25) is 14.8 Å². The summed E-state index contributed by atoms with van der Waals surface area (Å²) in [6.07, 6.45) is 2.68. The molecule has 1 aliphatic heterocycles. The Kier molecular flexibility index (Phi) is 3.97. The molecule has 0 radical (unpaired) electrons. The van der Waals surface area contributed by atoms with Crippen LogP contribution in [0.15, 0.2) is 35.3 Å². The molecule has 3 aromatic rings. The smallest absolute Gasteiger partial charge is 0.255 e. The van der Waals surface area contributed by atoms with Crippen LogP contribution in [0.1, 0.15) is 28.2 Å². The zero-order valence-electron chi connectivity index (χ0n) is 14.5. The molecule has 0 unspecified atom stereocenters. The first-order chi connectivity index (χ1) is 12.1. The second-order valence-corrected chi connectivity index (χ2v) is 6.67. The third-order valence-electron chi connectivity index (χ3n) is 4.72. The summed E-state index contributed by atoms with van der Waals surface area (Å²) in [4.78, 5) is 21.8. The van der Waals surface area contributed by atoms with Gasteiger partial charge in [-0.1, -0.05) is 29.8 Å². The van der Waals surface area contributed by atoms with E-state index in [9.17, 15) is 4.79 Å². The maximum Gasteiger partial charge on any atom is 0.255 e. The van der Waals surface area contributed by atoms with Crippen molar-refractivity contribution in [2.45, 2.75) is 33.4 Å². The summed E-state index contributed by atoms with van der Waals surface area (Å²) in [5.74, 6) is 0.689. The van der Waals surface area contributed by atoms with E-state index in [2.05, 4.69) is 56.3 Å². The van der Waals surface area contributed by atoms with E-state index in [-0.39, 0.29) is 5.56 Å². The average Bonchev–Trinajstić information content (AvgIpc) is 3.04. The van der Waals surface area contributed by atoms with Crippen molar-refractivity contribution in [3.8, 4) is 11.3 Å². The van der Waals surface area contributed by atoms with Crippen LogP contribution >= 0.6 is 0 Å². The highest BCUT2D eigenvalue weighted by Gasteiger charge is 2.22. The number of aromatic amines is 2. The van der Waals surface area contributed by atoms with Crippen LogP contribution in [0.2, 0.25) is 0 Å². The van der Waals surface area contributed by atoms with E-state index in [4.69, 9.17) is 0 Å². The van der Waals surface area contributed by atoms with Crippen LogP contribution in [0, 0.1) is 13.8 Å². The van der Waals surface area contributed by atoms with Crippen molar-refractivity contribution >= 4 is 0 Å². The minimum atomic E-state index is -0.0156. The molecule has 2 aromatic heterocycles. The zero-order chi connectivity index (χ0) is 17.4. The Labute approximate surface area is 145 Å². The molecule has 0 saturated heterocycles. The molecule has 0 fully saturated rings. The van der Waals surface area contributed by atoms with E-state index in [1.165, 1.54) is 5.56 Å². The van der Waals surface area contributed by atoms with Crippen LogP contribution < -0.4 is 5.56 Å². The van der Waals surface area contributed by atoms with E-state index < -0.39 is 0 Å². The molecule has 0 bridgehead atoms. The van der Waals surface area contributed by atoms with Gasteiger partial charge in [0, 0.05) is 31.6 Å². The number of nitrogens with one attached hydrogen (secondary N) is 2. The standard InChI is InChI=1S/C19H21N5O/c1-12-3-5-14(6-4-12)18-15(9-20-23-18)10-24-8-7-17-16(11-24)19(25)22-13(2)21-17/h3-6,9H,7-8,10-11H2,1-2H3,(H,20,23)(H,21,22,25). The van der Waals surface area contributed by atoms with Gasteiger partial charge in [0.25, 0.3) is 5.56 Å². The summed E-state index contributed by atoms with van der Waals surface area (Å²) in [5.41, 5.74) is 6.26. The minimum absolute atomic E-state index is 0.0156. The van der Waals surface area contributed by atoms with Crippen LogP contribution in [0.4, 0.5) is 0 Å². The van der Waals surface area contributed by atoms with Crippen LogP contribution in [-0.2, 0) is 19.5 Å². The number of aromatic nitrogens is 4. The highest BCUT2D eigenvalue weighted by Crippen LogP contribution is 2.24. The number of rotatable bonds is 3. The predicted octanol–water partition coefficient (Wildman–Crippen LogP) is 2.34. The zero-order valence-corrected chi connectivity index (χ0v) is 14.5. The molecule has 6 nitrogen and oxygen atoms in total. The molecule has 25 heavy (non-hydrogen) atoms. The van der Waals surface area contributed by atoms with Crippen LogP contribution in [-0.4, -0.2) is 31.6 Å². The number of hydrogen-bond donors (Lipinski definition) is 2. The first kappa shape index (κ1) is 15.8. The lowest BCUT2D eigenvalue weighted by molar-refractivity contribution is 0.242. The molecule has 0 amide bonds. The topological polar surface area (TPSA) is 77.7 Å². The van der Waals surface area contributed by atoms with Crippen molar-refractivity contribution in [1.29, 1.82) is 0 Å². The highest BCUT2D eigenvalue weighted by atomic mass is 16.1. The Balaban J connectivity index is 1.57. The largest absolute Gasteiger partial charge is 0.310 e. The lowest BCUT2D eigenvalue weighted by atomic mass is 10.0. The summed E-state index contributed by atoms with van der Waals surface area (Å²) in [5, 5.41) is 7.34. The van der Waals surface area contributed by atoms with Gasteiger partial charge in [0.05, 0.1) is 23.1 Å². The Morgan fingerprint density at radius 3 is 2.80 bits per heavy atom. The molecule has 0 atom stereocenters. The molecular formula is C19H21N5O. The van der Waals surface area contributed by atoms with Crippen LogP contribution in [0.3, 0.4) is 0 Å². The van der Waals surface area contributed by atoms with Gasteiger partial charge >= 0.3 is 0 Å². The van der Waals surface area contributed by atoms with Gasteiger partial charge in [0.2, 0.25) is 0 Å². The van der Waals surface area contributed by atoms with Crippen molar-refractivity contribution in [1.82, 2.24) is 25.1 Å². The van der Waals surface area contributed by atoms with E-state index in [1.807, 2.05) is 13.1 Å². The Hall–Kier alpha value is -2.73. The number of fused-ring (bicyclic) bond motifs is 1. The first-order valence-electron chi connectivity index (χ1n) is 8.50. The fourth-order valence-corrected chi connectivity index (χ4v) is 3.38. The van der Waals surface area contributed by atoms with E-state index in [0.29, 0.717) is 12.4 Å². The van der Waals surface area contributed by atoms with Crippen molar-refractivity contribution in [2.24, 2.45) is 0 Å². The second kappa shape index (κ2) is 6.29. The molecule has 0 saturated carbocycles. The molecule has 0 spiro atoms. The fourth-order valence-electron chi connectivity index (χ4n) is 3.38. The molecule has 3 heterocycles. The van der Waals surface area contributed by atoms with Gasteiger partial charge in [0.1, 0.15) is 5.82 Å². The molecule has 128 valence electrons. The van der Waals surface area contributed by atoms with Crippen molar-refractivity contribution < 1.29 is 0 Å². The fraction of sp³-hybridized carbons (Fsp3) is 0.316. The van der Waals surface area contributed by atoms with Gasteiger partial charge in [-0.05, 0) is 19.4 Å². The summed E-state index contributed by atoms with van der Waals surface area (Å²) in [6.45, 7) is 6.17. The number of benzene rings is 1. The monoisotopic (exact) mass is 335 g/mol. The third-order valence-corrected chi connectivity index (χ3v) is 4.72. The molecule has 0 aliphatic carbocycles. The summed E-state index contributed by atoms with van der Waals surface area (Å²) < 4.78 is 0. The van der Waals surface area contributed by atoms with Gasteiger partial charge in [-0.25, -0.2) is 4.98 Å². The van der Waals surface area contributed by atoms with E-state index in [1.54, 1.807) is 0 Å². The molecule has 4 rings (SSSR count). The third kappa shape index (κ3) is 3.13. The molecule has 1 aliphatic rings. The Bertz CT molecular complexity index is 955. The van der Waals surface area contributed by atoms with Crippen LogP contribution in [0.5, 0.6) is 0 Å². The maximum atomic E-state index is 12.2. The highest BCUT2D eigenvalue weighted by molar-refractivity contribution is 5.62. The van der Waals surface area contributed by atoms with Crippen LogP contribution in [0.25, 0.3) is 11.3 Å². The maximum absolute atomic E-state index is 12.2. The van der Waals surface area contributed by atoms with Gasteiger partial charge < -0.3 is 4.98 Å². The van der Waals surface area contributed by atoms with Gasteiger partial charge in [-0.15, -0.1) is 0 Å². The number of H-pyrrole nitrogens is 2. The van der Waals surface area contributed by atoms with E-state index in [0.717, 1.165) is 47.6 Å². The molecule has 2 N–H and O–H groups in total. The predicted molar refractivity (Wildman–Crippen MR) is 96.2 cm³/mol.